The Labute approximate surface area is 122 Å². The second-order valence-corrected chi connectivity index (χ2v) is 6.73. The summed E-state index contributed by atoms with van der Waals surface area (Å²) in [7, 11) is 0. The Bertz CT molecular complexity index is 531. The maximum Gasteiger partial charge on any atom is 0.223 e. The molecule has 0 aliphatic heterocycles. The van der Waals surface area contributed by atoms with Gasteiger partial charge < -0.3 is 5.32 Å². The number of aryl methyl sites for hydroxylation is 1. The highest BCUT2D eigenvalue weighted by Gasteiger charge is 2.10. The molecule has 18 heavy (non-hydrogen) atoms. The normalized spacial score (nSPS) is 10.6. The second-order valence-electron chi connectivity index (χ2n) is 3.46. The average molecular weight is 346 g/mol. The molecular weight excluding hydrogens is 334 g/mol. The number of hydrogen-bond donors (Lipinski definition) is 1. The molecule has 0 fully saturated rings. The van der Waals surface area contributed by atoms with Gasteiger partial charge >= 0.3 is 0 Å². The van der Waals surface area contributed by atoms with E-state index >= 15 is 0 Å². The first-order valence-electron chi connectivity index (χ1n) is 5.43. The van der Waals surface area contributed by atoms with Crippen LogP contribution in [0, 0.1) is 6.92 Å². The summed E-state index contributed by atoms with van der Waals surface area (Å²) in [6.45, 7) is 4.90. The van der Waals surface area contributed by atoms with Crippen LogP contribution in [0.2, 0.25) is 0 Å². The zero-order valence-electron chi connectivity index (χ0n) is 9.97. The van der Waals surface area contributed by atoms with Gasteiger partial charge in [-0.2, -0.15) is 0 Å². The maximum atomic E-state index is 4.45. The van der Waals surface area contributed by atoms with E-state index < -0.39 is 0 Å². The molecule has 96 valence electrons. The minimum Gasteiger partial charge on any atom is -0.354 e. The van der Waals surface area contributed by atoms with Crippen molar-refractivity contribution in [2.45, 2.75) is 29.6 Å². The Morgan fingerprint density at radius 3 is 2.94 bits per heavy atom. The highest BCUT2D eigenvalue weighted by Crippen LogP contribution is 2.33. The van der Waals surface area contributed by atoms with E-state index in [2.05, 4.69) is 48.3 Å². The lowest BCUT2D eigenvalue weighted by molar-refractivity contribution is 0.928. The van der Waals surface area contributed by atoms with Gasteiger partial charge in [-0.25, -0.2) is 9.97 Å². The summed E-state index contributed by atoms with van der Waals surface area (Å²) in [6.07, 6.45) is 2.79. The number of halogens is 1. The zero-order valence-corrected chi connectivity index (χ0v) is 13.2. The lowest BCUT2D eigenvalue weighted by atomic mass is 10.5. The van der Waals surface area contributed by atoms with Crippen molar-refractivity contribution in [1.29, 1.82) is 0 Å². The second kappa shape index (κ2) is 6.44. The van der Waals surface area contributed by atoms with Gasteiger partial charge in [0.2, 0.25) is 5.95 Å². The van der Waals surface area contributed by atoms with E-state index in [1.54, 1.807) is 17.5 Å². The SMILES string of the molecule is CCCNc1ncc(Br)c(Sc2nnc(C)s2)n1. The molecule has 0 bridgehead atoms. The van der Waals surface area contributed by atoms with Crippen LogP contribution in [-0.4, -0.2) is 26.7 Å². The van der Waals surface area contributed by atoms with Gasteiger partial charge in [0.25, 0.3) is 0 Å². The molecule has 0 aliphatic carbocycles. The molecule has 8 heteroatoms. The van der Waals surface area contributed by atoms with Crippen molar-refractivity contribution in [3.8, 4) is 0 Å². The molecule has 0 spiro atoms. The van der Waals surface area contributed by atoms with Gasteiger partial charge in [0.15, 0.2) is 4.34 Å². The monoisotopic (exact) mass is 345 g/mol. The van der Waals surface area contributed by atoms with Crippen molar-refractivity contribution >= 4 is 45.0 Å². The van der Waals surface area contributed by atoms with Crippen molar-refractivity contribution in [3.63, 3.8) is 0 Å². The lowest BCUT2D eigenvalue weighted by Gasteiger charge is -2.05. The van der Waals surface area contributed by atoms with Crippen LogP contribution in [0.1, 0.15) is 18.4 Å². The quantitative estimate of drug-likeness (QED) is 0.838. The first-order valence-corrected chi connectivity index (χ1v) is 7.86. The van der Waals surface area contributed by atoms with Crippen LogP contribution in [0.15, 0.2) is 20.0 Å². The van der Waals surface area contributed by atoms with E-state index in [4.69, 9.17) is 0 Å². The summed E-state index contributed by atoms with van der Waals surface area (Å²) in [5.74, 6) is 0.642. The van der Waals surface area contributed by atoms with Crippen LogP contribution in [-0.2, 0) is 0 Å². The van der Waals surface area contributed by atoms with Crippen molar-refractivity contribution in [1.82, 2.24) is 20.2 Å². The Hall–Kier alpha value is -0.730. The van der Waals surface area contributed by atoms with Gasteiger partial charge in [-0.3, -0.25) is 0 Å². The number of aromatic nitrogens is 4. The molecule has 1 N–H and O–H groups in total. The highest BCUT2D eigenvalue weighted by atomic mass is 79.9. The lowest BCUT2D eigenvalue weighted by Crippen LogP contribution is -2.04. The molecule has 0 radical (unpaired) electrons. The summed E-state index contributed by atoms with van der Waals surface area (Å²) >= 11 is 6.49. The third-order valence-corrected chi connectivity index (χ3v) is 4.67. The molecule has 0 saturated carbocycles. The molecule has 0 atom stereocenters. The summed E-state index contributed by atoms with van der Waals surface area (Å²) in [5, 5.41) is 13.0. The van der Waals surface area contributed by atoms with Crippen LogP contribution in [0.25, 0.3) is 0 Å². The van der Waals surface area contributed by atoms with E-state index in [1.165, 1.54) is 11.8 Å². The van der Waals surface area contributed by atoms with Crippen molar-refractivity contribution in [2.24, 2.45) is 0 Å². The van der Waals surface area contributed by atoms with Crippen LogP contribution in [0.4, 0.5) is 5.95 Å². The van der Waals surface area contributed by atoms with Gasteiger partial charge in [0.05, 0.1) is 4.47 Å². The first kappa shape index (κ1) is 13.7. The molecule has 0 amide bonds. The Morgan fingerprint density at radius 1 is 1.44 bits per heavy atom. The van der Waals surface area contributed by atoms with E-state index in [0.717, 1.165) is 31.8 Å². The highest BCUT2D eigenvalue weighted by molar-refractivity contribution is 9.10. The van der Waals surface area contributed by atoms with Gasteiger partial charge in [-0.05, 0) is 41.0 Å². The smallest absolute Gasteiger partial charge is 0.223 e. The van der Waals surface area contributed by atoms with Crippen LogP contribution < -0.4 is 5.32 Å². The molecule has 2 heterocycles. The van der Waals surface area contributed by atoms with E-state index in [1.807, 2.05) is 6.92 Å². The first-order chi connectivity index (χ1) is 8.69. The number of nitrogens with one attached hydrogen (secondary N) is 1. The molecule has 0 aliphatic rings. The molecule has 2 aromatic heterocycles. The molecular formula is C10H12BrN5S2. The number of hydrogen-bond acceptors (Lipinski definition) is 7. The van der Waals surface area contributed by atoms with Crippen molar-refractivity contribution in [3.05, 3.63) is 15.7 Å². The topological polar surface area (TPSA) is 63.6 Å². The van der Waals surface area contributed by atoms with Gasteiger partial charge in [0, 0.05) is 12.7 Å². The summed E-state index contributed by atoms with van der Waals surface area (Å²) in [4.78, 5) is 8.66. The van der Waals surface area contributed by atoms with Crippen LogP contribution >= 0.6 is 39.0 Å². The Balaban J connectivity index is 2.15. The van der Waals surface area contributed by atoms with Crippen molar-refractivity contribution in [2.75, 3.05) is 11.9 Å². The van der Waals surface area contributed by atoms with Gasteiger partial charge in [-0.1, -0.05) is 18.3 Å². The molecule has 0 unspecified atom stereocenters. The van der Waals surface area contributed by atoms with Crippen LogP contribution in [0.5, 0.6) is 0 Å². The summed E-state index contributed by atoms with van der Waals surface area (Å²) in [5.41, 5.74) is 0. The van der Waals surface area contributed by atoms with E-state index in [-0.39, 0.29) is 0 Å². The fourth-order valence-electron chi connectivity index (χ4n) is 1.15. The standard InChI is InChI=1S/C10H12BrN5S2/c1-3-4-12-9-13-5-7(11)8(14-9)18-10-16-15-6(2)17-10/h5H,3-4H2,1-2H3,(H,12,13,14). The average Bonchev–Trinajstić information content (AvgIpc) is 2.76. The Morgan fingerprint density at radius 2 is 2.28 bits per heavy atom. The third kappa shape index (κ3) is 3.63. The van der Waals surface area contributed by atoms with Gasteiger partial charge in [0.1, 0.15) is 10.0 Å². The van der Waals surface area contributed by atoms with E-state index in [0.29, 0.717) is 5.95 Å². The zero-order chi connectivity index (χ0) is 13.0. The minimum atomic E-state index is 0.642. The number of nitrogens with zero attached hydrogens (tertiary/aromatic N) is 4. The fraction of sp³-hybridized carbons (Fsp3) is 0.400. The van der Waals surface area contributed by atoms with Crippen molar-refractivity contribution < 1.29 is 0 Å². The third-order valence-electron chi connectivity index (χ3n) is 1.94. The van der Waals surface area contributed by atoms with Gasteiger partial charge in [-0.15, -0.1) is 10.2 Å². The predicted molar refractivity (Wildman–Crippen MR) is 77.3 cm³/mol. The fourth-order valence-corrected chi connectivity index (χ4v) is 3.29. The largest absolute Gasteiger partial charge is 0.354 e. The summed E-state index contributed by atoms with van der Waals surface area (Å²) < 4.78 is 1.75. The molecule has 2 aromatic rings. The maximum absolute atomic E-state index is 4.45. The molecule has 5 nitrogen and oxygen atoms in total. The molecule has 0 aromatic carbocycles. The Kier molecular flexibility index (Phi) is 4.90. The number of rotatable bonds is 5. The minimum absolute atomic E-state index is 0.642. The molecule has 2 rings (SSSR count). The number of anilines is 1. The van der Waals surface area contributed by atoms with E-state index in [9.17, 15) is 0 Å². The summed E-state index contributed by atoms with van der Waals surface area (Å²) in [6, 6.07) is 0. The van der Waals surface area contributed by atoms with Crippen LogP contribution in [0.3, 0.4) is 0 Å². The molecule has 0 saturated heterocycles. The predicted octanol–water partition coefficient (Wildman–Crippen LogP) is 3.37.